The molecule has 0 spiro atoms. The molecule has 0 amide bonds. The molecule has 0 radical (unpaired) electrons. The van der Waals surface area contributed by atoms with Crippen LogP contribution >= 0.6 is 0 Å². The van der Waals surface area contributed by atoms with E-state index in [9.17, 15) is 39.5 Å². The summed E-state index contributed by atoms with van der Waals surface area (Å²) in [5, 5.41) is 0. The van der Waals surface area contributed by atoms with Gasteiger partial charge in [-0.05, 0) is 6.42 Å². The van der Waals surface area contributed by atoms with E-state index in [1.165, 1.54) is 0 Å². The molecular formula is C10H13F9O. The van der Waals surface area contributed by atoms with Crippen LogP contribution in [0.5, 0.6) is 0 Å². The fourth-order valence-electron chi connectivity index (χ4n) is 1.18. The van der Waals surface area contributed by atoms with E-state index in [0.717, 1.165) is 0 Å². The summed E-state index contributed by atoms with van der Waals surface area (Å²) in [5.41, 5.74) is 0. The van der Waals surface area contributed by atoms with E-state index in [1.54, 1.807) is 6.92 Å². The van der Waals surface area contributed by atoms with E-state index in [-0.39, 0.29) is 6.42 Å². The van der Waals surface area contributed by atoms with E-state index in [2.05, 4.69) is 4.74 Å². The van der Waals surface area contributed by atoms with Crippen LogP contribution in [0, 0.1) is 0 Å². The second kappa shape index (κ2) is 6.40. The Bertz CT molecular complexity index is 298. The van der Waals surface area contributed by atoms with Crippen molar-refractivity contribution in [1.82, 2.24) is 0 Å². The minimum atomic E-state index is -6.90. The first-order chi connectivity index (χ1) is 8.81. The summed E-state index contributed by atoms with van der Waals surface area (Å²) in [6, 6.07) is 0. The predicted octanol–water partition coefficient (Wildman–Crippen LogP) is 5.01. The molecule has 0 aromatic heterocycles. The van der Waals surface area contributed by atoms with Crippen molar-refractivity contribution in [2.24, 2.45) is 0 Å². The zero-order valence-corrected chi connectivity index (χ0v) is 10.3. The van der Waals surface area contributed by atoms with Gasteiger partial charge in [-0.25, -0.2) is 0 Å². The maximum absolute atomic E-state index is 12.8. The Balaban J connectivity index is 4.81. The number of alkyl halides is 9. The average molecular weight is 320 g/mol. The lowest BCUT2D eigenvalue weighted by Crippen LogP contribution is -2.61. The second-order valence-corrected chi connectivity index (χ2v) is 4.07. The number of halogens is 9. The predicted molar refractivity (Wildman–Crippen MR) is 51.0 cm³/mol. The molecule has 0 unspecified atom stereocenters. The Hall–Kier alpha value is -0.670. The van der Waals surface area contributed by atoms with Crippen molar-refractivity contribution in [2.45, 2.75) is 56.7 Å². The summed E-state index contributed by atoms with van der Waals surface area (Å²) >= 11 is 0. The van der Waals surface area contributed by atoms with Crippen molar-refractivity contribution in [3.8, 4) is 0 Å². The van der Waals surface area contributed by atoms with Crippen LogP contribution in [0.1, 0.15) is 32.6 Å². The second-order valence-electron chi connectivity index (χ2n) is 4.07. The van der Waals surface area contributed by atoms with Crippen LogP contribution in [0.15, 0.2) is 0 Å². The summed E-state index contributed by atoms with van der Waals surface area (Å²) in [6.07, 6.45) is -11.3. The maximum atomic E-state index is 12.8. The highest BCUT2D eigenvalue weighted by Gasteiger charge is 2.82. The van der Waals surface area contributed by atoms with Crippen LogP contribution in [0.25, 0.3) is 0 Å². The monoisotopic (exact) mass is 320 g/mol. The third-order valence-corrected chi connectivity index (χ3v) is 2.40. The third kappa shape index (κ3) is 3.92. The van der Waals surface area contributed by atoms with Crippen LogP contribution in [0.3, 0.4) is 0 Å². The Labute approximate surface area is 109 Å². The van der Waals surface area contributed by atoms with Gasteiger partial charge in [0.2, 0.25) is 0 Å². The molecule has 1 nitrogen and oxygen atoms in total. The molecule has 0 bridgehead atoms. The summed E-state index contributed by atoms with van der Waals surface area (Å²) in [5.74, 6) is -13.6. The summed E-state index contributed by atoms with van der Waals surface area (Å²) < 4.78 is 114. The summed E-state index contributed by atoms with van der Waals surface area (Å²) in [7, 11) is 0. The van der Waals surface area contributed by atoms with Gasteiger partial charge in [-0.2, -0.15) is 39.5 Å². The lowest BCUT2D eigenvalue weighted by atomic mass is 10.1. The van der Waals surface area contributed by atoms with Crippen molar-refractivity contribution in [3.05, 3.63) is 0 Å². The van der Waals surface area contributed by atoms with E-state index < -0.39 is 30.7 Å². The van der Waals surface area contributed by atoms with Gasteiger partial charge in [-0.15, -0.1) is 0 Å². The lowest BCUT2D eigenvalue weighted by molar-refractivity contribution is -0.444. The summed E-state index contributed by atoms with van der Waals surface area (Å²) in [4.78, 5) is 0. The molecule has 0 rings (SSSR count). The summed E-state index contributed by atoms with van der Waals surface area (Å²) in [6.45, 7) is 0.712. The molecule has 0 fully saturated rings. The van der Waals surface area contributed by atoms with Crippen LogP contribution in [0.2, 0.25) is 0 Å². The fraction of sp³-hybridized carbons (Fsp3) is 1.00. The van der Waals surface area contributed by atoms with Crippen molar-refractivity contribution in [1.29, 1.82) is 0 Å². The van der Waals surface area contributed by atoms with Gasteiger partial charge in [0.1, 0.15) is 0 Å². The van der Waals surface area contributed by atoms with Crippen molar-refractivity contribution < 1.29 is 44.3 Å². The van der Waals surface area contributed by atoms with Crippen LogP contribution < -0.4 is 0 Å². The van der Waals surface area contributed by atoms with Crippen LogP contribution in [-0.4, -0.2) is 30.7 Å². The minimum absolute atomic E-state index is 0.156. The molecule has 0 heterocycles. The molecule has 0 aliphatic heterocycles. The Kier molecular flexibility index (Phi) is 6.18. The molecule has 0 aliphatic carbocycles. The lowest BCUT2D eigenvalue weighted by Gasteiger charge is -2.33. The Morgan fingerprint density at radius 1 is 0.700 bits per heavy atom. The first-order valence-corrected chi connectivity index (χ1v) is 5.65. The van der Waals surface area contributed by atoms with Crippen LogP contribution in [0.4, 0.5) is 39.5 Å². The third-order valence-electron chi connectivity index (χ3n) is 2.40. The molecule has 0 saturated heterocycles. The normalized spacial score (nSPS) is 14.7. The molecule has 0 aromatic carbocycles. The first kappa shape index (κ1) is 19.3. The minimum Gasteiger partial charge on any atom is -0.316 e. The van der Waals surface area contributed by atoms with Gasteiger partial charge >= 0.3 is 24.1 Å². The van der Waals surface area contributed by atoms with E-state index in [1.807, 2.05) is 0 Å². The Morgan fingerprint density at radius 2 is 1.20 bits per heavy atom. The molecule has 0 atom stereocenters. The average Bonchev–Trinajstić information content (AvgIpc) is 2.26. The molecular weight excluding hydrogens is 307 g/mol. The SMILES string of the molecule is CCCCCCOC(F)(F)C(F)(F)C(F)(F)C(F)(F)F. The van der Waals surface area contributed by atoms with Gasteiger partial charge in [0.25, 0.3) is 0 Å². The van der Waals surface area contributed by atoms with E-state index in [0.29, 0.717) is 19.3 Å². The molecule has 0 saturated carbocycles. The number of hydrogen-bond acceptors (Lipinski definition) is 1. The zero-order valence-electron chi connectivity index (χ0n) is 10.3. The van der Waals surface area contributed by atoms with Gasteiger partial charge in [0, 0.05) is 0 Å². The van der Waals surface area contributed by atoms with Crippen LogP contribution in [-0.2, 0) is 4.74 Å². The van der Waals surface area contributed by atoms with Gasteiger partial charge in [-0.3, -0.25) is 0 Å². The fourth-order valence-corrected chi connectivity index (χ4v) is 1.18. The highest BCUT2D eigenvalue weighted by Crippen LogP contribution is 2.53. The zero-order chi connectivity index (χ0) is 16.2. The maximum Gasteiger partial charge on any atom is 0.460 e. The van der Waals surface area contributed by atoms with Crippen molar-refractivity contribution in [2.75, 3.05) is 6.61 Å². The molecule has 0 aliphatic rings. The molecule has 0 N–H and O–H groups in total. The molecule has 122 valence electrons. The topological polar surface area (TPSA) is 9.23 Å². The van der Waals surface area contributed by atoms with Gasteiger partial charge in [0.15, 0.2) is 0 Å². The largest absolute Gasteiger partial charge is 0.460 e. The van der Waals surface area contributed by atoms with Crippen molar-refractivity contribution in [3.63, 3.8) is 0 Å². The highest BCUT2D eigenvalue weighted by molar-refractivity contribution is 4.96. The van der Waals surface area contributed by atoms with E-state index in [4.69, 9.17) is 0 Å². The van der Waals surface area contributed by atoms with Gasteiger partial charge < -0.3 is 4.74 Å². The molecule has 20 heavy (non-hydrogen) atoms. The molecule has 0 aromatic rings. The smallest absolute Gasteiger partial charge is 0.316 e. The van der Waals surface area contributed by atoms with Crippen molar-refractivity contribution >= 4 is 0 Å². The number of unbranched alkanes of at least 4 members (excludes halogenated alkanes) is 3. The van der Waals surface area contributed by atoms with E-state index >= 15 is 0 Å². The highest BCUT2D eigenvalue weighted by atomic mass is 19.4. The Morgan fingerprint density at radius 3 is 1.60 bits per heavy atom. The standard InChI is InChI=1S/C10H13F9O/c1-2-3-4-5-6-20-10(18,19)8(13,14)7(11,12)9(15,16)17/h2-6H2,1H3. The number of ether oxygens (including phenoxy) is 1. The molecule has 10 heteroatoms. The quantitative estimate of drug-likeness (QED) is 0.451. The first-order valence-electron chi connectivity index (χ1n) is 5.65. The number of hydrogen-bond donors (Lipinski definition) is 0. The van der Waals surface area contributed by atoms with Gasteiger partial charge in [-0.1, -0.05) is 26.2 Å². The van der Waals surface area contributed by atoms with Gasteiger partial charge in [0.05, 0.1) is 6.61 Å². The number of rotatable bonds is 8.